The van der Waals surface area contributed by atoms with E-state index in [2.05, 4.69) is 9.47 Å². The summed E-state index contributed by atoms with van der Waals surface area (Å²) in [7, 11) is 1.30. The van der Waals surface area contributed by atoms with Crippen LogP contribution in [-0.4, -0.2) is 24.0 Å². The van der Waals surface area contributed by atoms with Crippen molar-refractivity contribution in [2.75, 3.05) is 7.11 Å². The van der Waals surface area contributed by atoms with Crippen molar-refractivity contribution in [1.29, 1.82) is 0 Å². The van der Waals surface area contributed by atoms with E-state index in [9.17, 15) is 22.8 Å². The van der Waals surface area contributed by atoms with Crippen LogP contribution in [0.5, 0.6) is 11.5 Å². The number of carbonyl (C=O) groups excluding carboxylic acids is 1. The second kappa shape index (κ2) is 10.6. The van der Waals surface area contributed by atoms with Gasteiger partial charge in [-0.1, -0.05) is 29.8 Å². The minimum Gasteiger partial charge on any atom is -0.487 e. The van der Waals surface area contributed by atoms with E-state index in [1.54, 1.807) is 31.2 Å². The lowest BCUT2D eigenvalue weighted by Gasteiger charge is -2.17. The maximum atomic E-state index is 12.8. The van der Waals surface area contributed by atoms with Crippen LogP contribution in [0.1, 0.15) is 27.2 Å². The van der Waals surface area contributed by atoms with Gasteiger partial charge < -0.3 is 18.8 Å². The number of rotatable bonds is 8. The molecule has 0 N–H and O–H groups in total. The Kier molecular flexibility index (Phi) is 7.88. The Morgan fingerprint density at radius 2 is 1.74 bits per heavy atom. The van der Waals surface area contributed by atoms with Gasteiger partial charge in [0.25, 0.3) is 5.56 Å². The van der Waals surface area contributed by atoms with E-state index in [4.69, 9.17) is 16.3 Å². The molecule has 0 amide bonds. The molecule has 0 saturated heterocycles. The summed E-state index contributed by atoms with van der Waals surface area (Å²) < 4.78 is 53.1. The molecule has 6 nitrogen and oxygen atoms in total. The maximum Gasteiger partial charge on any atom is 0.573 e. The Hall–Kier alpha value is -3.46. The fourth-order valence-electron chi connectivity index (χ4n) is 3.26. The number of hydrogen-bond donors (Lipinski definition) is 0. The molecule has 0 aliphatic carbocycles. The normalized spacial score (nSPS) is 11.2. The van der Waals surface area contributed by atoms with Crippen molar-refractivity contribution in [1.82, 2.24) is 4.57 Å². The Morgan fingerprint density at radius 1 is 1.06 bits per heavy atom. The van der Waals surface area contributed by atoms with Crippen molar-refractivity contribution >= 4 is 17.6 Å². The van der Waals surface area contributed by atoms with Crippen LogP contribution >= 0.6 is 11.6 Å². The number of carbonyl (C=O) groups is 1. The first-order valence-electron chi connectivity index (χ1n) is 10.1. The molecule has 0 unspecified atom stereocenters. The van der Waals surface area contributed by atoms with Gasteiger partial charge in [-0.25, -0.2) is 4.79 Å². The lowest BCUT2D eigenvalue weighted by atomic mass is 10.1. The molecule has 0 radical (unpaired) electrons. The summed E-state index contributed by atoms with van der Waals surface area (Å²) in [5.74, 6) is -0.749. The maximum absolute atomic E-state index is 12.8. The Bertz CT molecular complexity index is 1220. The van der Waals surface area contributed by atoms with E-state index in [0.29, 0.717) is 28.3 Å². The van der Waals surface area contributed by atoms with Gasteiger partial charge >= 0.3 is 12.3 Å². The fourth-order valence-corrected chi connectivity index (χ4v) is 3.58. The van der Waals surface area contributed by atoms with E-state index in [1.807, 2.05) is 0 Å². The SMILES string of the molecule is COC(=O)c1ccc(CCn2c(COc3cccc(OC(F)(F)F)c3)c(Cl)cc(C)c2=O)cc1. The first-order valence-corrected chi connectivity index (χ1v) is 10.5. The molecule has 1 aromatic heterocycles. The third-order valence-corrected chi connectivity index (χ3v) is 5.27. The highest BCUT2D eigenvalue weighted by Crippen LogP contribution is 2.27. The van der Waals surface area contributed by atoms with Crippen LogP contribution in [0, 0.1) is 6.92 Å². The fraction of sp³-hybridized carbons (Fsp3) is 0.250. The molecular formula is C24H21ClF3NO5. The number of aryl methyl sites for hydroxylation is 2. The number of halogens is 4. The average Bonchev–Trinajstić information content (AvgIpc) is 2.78. The van der Waals surface area contributed by atoms with Crippen LogP contribution in [0.4, 0.5) is 13.2 Å². The molecule has 1 heterocycles. The number of esters is 1. The number of hydrogen-bond acceptors (Lipinski definition) is 5. The van der Waals surface area contributed by atoms with Crippen molar-refractivity contribution in [3.05, 3.63) is 92.4 Å². The Balaban J connectivity index is 1.78. The molecule has 0 saturated carbocycles. The number of nitrogens with zero attached hydrogens (tertiary/aromatic N) is 1. The number of alkyl halides is 3. The number of benzene rings is 2. The van der Waals surface area contributed by atoms with Gasteiger partial charge in [-0.05, 0) is 49.2 Å². The van der Waals surface area contributed by atoms with Gasteiger partial charge in [-0.2, -0.15) is 0 Å². The van der Waals surface area contributed by atoms with Crippen LogP contribution in [0.25, 0.3) is 0 Å². The molecule has 3 rings (SSSR count). The summed E-state index contributed by atoms with van der Waals surface area (Å²) in [4.78, 5) is 24.4. The number of ether oxygens (including phenoxy) is 3. The Morgan fingerprint density at radius 3 is 2.38 bits per heavy atom. The van der Waals surface area contributed by atoms with Crippen LogP contribution in [0.15, 0.2) is 59.4 Å². The molecule has 0 atom stereocenters. The predicted molar refractivity (Wildman–Crippen MR) is 119 cm³/mol. The summed E-state index contributed by atoms with van der Waals surface area (Å²) in [6.07, 6.45) is -4.36. The average molecular weight is 496 g/mol. The summed E-state index contributed by atoms with van der Waals surface area (Å²) in [5.41, 5.74) is 1.85. The number of aromatic nitrogens is 1. The highest BCUT2D eigenvalue weighted by Gasteiger charge is 2.31. The minimum absolute atomic E-state index is 0.121. The lowest BCUT2D eigenvalue weighted by Crippen LogP contribution is -2.27. The molecule has 0 aliphatic heterocycles. The van der Waals surface area contributed by atoms with Crippen molar-refractivity contribution in [2.24, 2.45) is 0 Å². The first-order chi connectivity index (χ1) is 16.1. The highest BCUT2D eigenvalue weighted by atomic mass is 35.5. The van der Waals surface area contributed by atoms with Crippen molar-refractivity contribution in [2.45, 2.75) is 32.9 Å². The van der Waals surface area contributed by atoms with E-state index < -0.39 is 18.1 Å². The minimum atomic E-state index is -4.82. The number of pyridine rings is 1. The third-order valence-electron chi connectivity index (χ3n) is 4.94. The molecule has 2 aromatic carbocycles. The van der Waals surface area contributed by atoms with E-state index in [1.165, 1.54) is 29.9 Å². The zero-order valence-corrected chi connectivity index (χ0v) is 19.1. The molecule has 0 spiro atoms. The molecule has 0 bridgehead atoms. The lowest BCUT2D eigenvalue weighted by molar-refractivity contribution is -0.274. The topological polar surface area (TPSA) is 66.8 Å². The van der Waals surface area contributed by atoms with Gasteiger partial charge in [0.15, 0.2) is 0 Å². The standard InChI is InChI=1S/C24H21ClF3NO5/c1-15-12-20(25)21(14-33-18-4-3-5-19(13-18)34-24(26,27)28)29(22(15)30)11-10-16-6-8-17(9-7-16)23(31)32-2/h3-9,12-13H,10-11,14H2,1-2H3. The van der Waals surface area contributed by atoms with Gasteiger partial charge in [-0.3, -0.25) is 4.79 Å². The van der Waals surface area contributed by atoms with Crippen LogP contribution in [-0.2, 0) is 24.3 Å². The summed E-state index contributed by atoms with van der Waals surface area (Å²) in [6, 6.07) is 13.4. The van der Waals surface area contributed by atoms with Gasteiger partial charge in [0.05, 0.1) is 23.4 Å². The summed E-state index contributed by atoms with van der Waals surface area (Å²) in [5, 5.41) is 0.292. The van der Waals surface area contributed by atoms with Crippen molar-refractivity contribution in [3.8, 4) is 11.5 Å². The highest BCUT2D eigenvalue weighted by molar-refractivity contribution is 6.31. The third kappa shape index (κ3) is 6.54. The van der Waals surface area contributed by atoms with Gasteiger partial charge in [0.2, 0.25) is 0 Å². The quantitative estimate of drug-likeness (QED) is 0.396. The predicted octanol–water partition coefficient (Wildman–Crippen LogP) is 5.32. The van der Waals surface area contributed by atoms with Crippen LogP contribution in [0.3, 0.4) is 0 Å². The van der Waals surface area contributed by atoms with E-state index in [-0.39, 0.29) is 24.5 Å². The largest absolute Gasteiger partial charge is 0.573 e. The zero-order valence-electron chi connectivity index (χ0n) is 18.3. The molecule has 34 heavy (non-hydrogen) atoms. The van der Waals surface area contributed by atoms with Crippen molar-refractivity contribution < 1.29 is 32.2 Å². The smallest absolute Gasteiger partial charge is 0.487 e. The van der Waals surface area contributed by atoms with Gasteiger partial charge in [0, 0.05) is 18.2 Å². The molecule has 3 aromatic rings. The molecule has 10 heteroatoms. The molecule has 0 fully saturated rings. The van der Waals surface area contributed by atoms with Gasteiger partial charge in [-0.15, -0.1) is 13.2 Å². The monoisotopic (exact) mass is 495 g/mol. The second-order valence-electron chi connectivity index (χ2n) is 7.33. The Labute approximate surface area is 198 Å². The zero-order chi connectivity index (χ0) is 24.9. The van der Waals surface area contributed by atoms with E-state index >= 15 is 0 Å². The molecular weight excluding hydrogens is 475 g/mol. The summed E-state index contributed by atoms with van der Waals surface area (Å²) >= 11 is 6.38. The van der Waals surface area contributed by atoms with Crippen molar-refractivity contribution in [3.63, 3.8) is 0 Å². The number of methoxy groups -OCH3 is 1. The second-order valence-corrected chi connectivity index (χ2v) is 7.74. The van der Waals surface area contributed by atoms with Gasteiger partial charge in [0.1, 0.15) is 18.1 Å². The van der Waals surface area contributed by atoms with Crippen LogP contribution in [0.2, 0.25) is 5.02 Å². The van der Waals surface area contributed by atoms with E-state index in [0.717, 1.165) is 17.7 Å². The summed E-state index contributed by atoms with van der Waals surface area (Å²) in [6.45, 7) is 1.76. The van der Waals surface area contributed by atoms with Crippen LogP contribution < -0.4 is 15.0 Å². The molecule has 0 aliphatic rings. The molecule has 180 valence electrons. The first kappa shape index (κ1) is 25.2.